The van der Waals surface area contributed by atoms with Crippen LogP contribution in [-0.2, 0) is 4.74 Å². The molecule has 1 aliphatic rings. The second-order valence-corrected chi connectivity index (χ2v) is 5.98. The molecule has 0 amide bonds. The normalized spacial score (nSPS) is 21.9. The molecule has 1 aromatic rings. The third-order valence-electron chi connectivity index (χ3n) is 3.52. The summed E-state index contributed by atoms with van der Waals surface area (Å²) < 4.78 is 5.84. The van der Waals surface area contributed by atoms with Crippen LogP contribution in [0.15, 0.2) is 0 Å². The van der Waals surface area contributed by atoms with E-state index in [1.165, 1.54) is 0 Å². The summed E-state index contributed by atoms with van der Waals surface area (Å²) in [6.45, 7) is 10.7. The lowest BCUT2D eigenvalue weighted by Crippen LogP contribution is -2.52. The summed E-state index contributed by atoms with van der Waals surface area (Å²) in [5.41, 5.74) is 1.21. The van der Waals surface area contributed by atoms with Crippen LogP contribution in [0.1, 0.15) is 42.4 Å². The molecule has 0 bridgehead atoms. The van der Waals surface area contributed by atoms with Crippen LogP contribution in [-0.4, -0.2) is 46.1 Å². The van der Waals surface area contributed by atoms with Crippen molar-refractivity contribution >= 4 is 11.8 Å². The molecule has 0 aliphatic carbocycles. The van der Waals surface area contributed by atoms with Crippen molar-refractivity contribution in [3.8, 4) is 0 Å². The lowest BCUT2D eigenvalue weighted by atomic mass is 10.0. The van der Waals surface area contributed by atoms with Gasteiger partial charge in [-0.3, -0.25) is 0 Å². The number of carboxylic acid groups (broad SMARTS) is 1. The van der Waals surface area contributed by atoms with E-state index < -0.39 is 5.97 Å². The standard InChI is InChI=1S/C14H21N3O3/c1-8-6-17(7-14(4,5)20-8)12-11(13(18)19)9(2)10(3)15-16-12/h8H,6-7H2,1-5H3,(H,18,19). The topological polar surface area (TPSA) is 75.5 Å². The first-order valence-electron chi connectivity index (χ1n) is 6.71. The summed E-state index contributed by atoms with van der Waals surface area (Å²) in [6.07, 6.45) is 0.0174. The van der Waals surface area contributed by atoms with Gasteiger partial charge in [0.1, 0.15) is 5.56 Å². The van der Waals surface area contributed by atoms with Gasteiger partial charge in [0.25, 0.3) is 0 Å². The van der Waals surface area contributed by atoms with E-state index in [9.17, 15) is 9.90 Å². The van der Waals surface area contributed by atoms with Crippen LogP contribution in [0.2, 0.25) is 0 Å². The third kappa shape index (κ3) is 2.75. The predicted octanol–water partition coefficient (Wildman–Crippen LogP) is 1.80. The highest BCUT2D eigenvalue weighted by Gasteiger charge is 2.34. The summed E-state index contributed by atoms with van der Waals surface area (Å²) in [6, 6.07) is 0. The summed E-state index contributed by atoms with van der Waals surface area (Å²) in [4.78, 5) is 13.5. The molecule has 110 valence electrons. The highest BCUT2D eigenvalue weighted by atomic mass is 16.5. The minimum Gasteiger partial charge on any atom is -0.478 e. The van der Waals surface area contributed by atoms with Gasteiger partial charge in [-0.15, -0.1) is 5.10 Å². The van der Waals surface area contributed by atoms with Crippen LogP contribution >= 0.6 is 0 Å². The van der Waals surface area contributed by atoms with E-state index >= 15 is 0 Å². The molecule has 1 unspecified atom stereocenters. The Balaban J connectivity index is 2.47. The number of carboxylic acids is 1. The van der Waals surface area contributed by atoms with Crippen LogP contribution in [0.25, 0.3) is 0 Å². The Morgan fingerprint density at radius 3 is 2.60 bits per heavy atom. The molecular formula is C14H21N3O3. The second-order valence-electron chi connectivity index (χ2n) is 5.98. The fourth-order valence-electron chi connectivity index (χ4n) is 2.69. The number of aromatic carboxylic acids is 1. The molecule has 1 fully saturated rings. The Kier molecular flexibility index (Phi) is 3.69. The molecule has 6 nitrogen and oxygen atoms in total. The summed E-state index contributed by atoms with van der Waals surface area (Å²) >= 11 is 0. The van der Waals surface area contributed by atoms with Gasteiger partial charge in [0.15, 0.2) is 5.82 Å². The molecule has 1 aliphatic heterocycles. The van der Waals surface area contributed by atoms with Crippen LogP contribution in [0.4, 0.5) is 5.82 Å². The SMILES string of the molecule is Cc1nnc(N2CC(C)OC(C)(C)C2)c(C(=O)O)c1C. The highest BCUT2D eigenvalue weighted by Crippen LogP contribution is 2.28. The van der Waals surface area contributed by atoms with Crippen LogP contribution in [0, 0.1) is 13.8 Å². The van der Waals surface area contributed by atoms with Crippen molar-refractivity contribution in [1.82, 2.24) is 10.2 Å². The number of hydrogen-bond donors (Lipinski definition) is 1. The molecular weight excluding hydrogens is 258 g/mol. The fraction of sp³-hybridized carbons (Fsp3) is 0.643. The van der Waals surface area contributed by atoms with Crippen molar-refractivity contribution in [2.75, 3.05) is 18.0 Å². The summed E-state index contributed by atoms with van der Waals surface area (Å²) in [7, 11) is 0. The van der Waals surface area contributed by atoms with Crippen molar-refractivity contribution < 1.29 is 14.6 Å². The average Bonchev–Trinajstić information content (AvgIpc) is 2.29. The average molecular weight is 279 g/mol. The molecule has 0 saturated carbocycles. The van der Waals surface area contributed by atoms with E-state index in [-0.39, 0.29) is 17.3 Å². The third-order valence-corrected chi connectivity index (χ3v) is 3.52. The maximum atomic E-state index is 11.6. The molecule has 1 N–H and O–H groups in total. The fourth-order valence-corrected chi connectivity index (χ4v) is 2.69. The van der Waals surface area contributed by atoms with Crippen molar-refractivity contribution in [2.45, 2.75) is 46.3 Å². The first-order valence-corrected chi connectivity index (χ1v) is 6.71. The van der Waals surface area contributed by atoms with Gasteiger partial charge in [0.2, 0.25) is 0 Å². The number of nitrogens with zero attached hydrogens (tertiary/aromatic N) is 3. The Morgan fingerprint density at radius 1 is 1.40 bits per heavy atom. The van der Waals surface area contributed by atoms with Gasteiger partial charge in [-0.2, -0.15) is 5.10 Å². The zero-order valence-electron chi connectivity index (χ0n) is 12.6. The van der Waals surface area contributed by atoms with Crippen molar-refractivity contribution in [3.05, 3.63) is 16.8 Å². The molecule has 6 heteroatoms. The van der Waals surface area contributed by atoms with Gasteiger partial charge >= 0.3 is 5.97 Å². The molecule has 0 spiro atoms. The number of ether oxygens (including phenoxy) is 1. The van der Waals surface area contributed by atoms with Crippen molar-refractivity contribution in [3.63, 3.8) is 0 Å². The molecule has 20 heavy (non-hydrogen) atoms. The number of anilines is 1. The minimum atomic E-state index is -0.965. The largest absolute Gasteiger partial charge is 0.478 e. The minimum absolute atomic E-state index is 0.0174. The van der Waals surface area contributed by atoms with Crippen molar-refractivity contribution in [1.29, 1.82) is 0 Å². The molecule has 2 rings (SSSR count). The quantitative estimate of drug-likeness (QED) is 0.889. The van der Waals surface area contributed by atoms with E-state index in [2.05, 4.69) is 10.2 Å². The lowest BCUT2D eigenvalue weighted by molar-refractivity contribution is -0.0752. The molecule has 1 saturated heterocycles. The Morgan fingerprint density at radius 2 is 2.05 bits per heavy atom. The van der Waals surface area contributed by atoms with Gasteiger partial charge < -0.3 is 14.7 Å². The summed E-state index contributed by atoms with van der Waals surface area (Å²) in [5, 5.41) is 17.7. The number of rotatable bonds is 2. The van der Waals surface area contributed by atoms with Gasteiger partial charge in [0, 0.05) is 13.1 Å². The molecule has 2 heterocycles. The zero-order chi connectivity index (χ0) is 15.1. The second kappa shape index (κ2) is 5.01. The van der Waals surface area contributed by atoms with Crippen LogP contribution in [0.3, 0.4) is 0 Å². The molecule has 1 atom stereocenters. The van der Waals surface area contributed by atoms with Gasteiger partial charge in [-0.05, 0) is 40.2 Å². The first-order chi connectivity index (χ1) is 9.21. The Hall–Kier alpha value is -1.69. The van der Waals surface area contributed by atoms with Gasteiger partial charge in [-0.25, -0.2) is 4.79 Å². The molecule has 1 aromatic heterocycles. The number of aromatic nitrogens is 2. The van der Waals surface area contributed by atoms with E-state index in [4.69, 9.17) is 4.74 Å². The summed E-state index contributed by atoms with van der Waals surface area (Å²) in [5.74, 6) is -0.531. The lowest BCUT2D eigenvalue weighted by Gasteiger charge is -2.42. The van der Waals surface area contributed by atoms with E-state index in [1.807, 2.05) is 25.7 Å². The highest BCUT2D eigenvalue weighted by molar-refractivity contribution is 5.95. The molecule has 0 aromatic carbocycles. The maximum Gasteiger partial charge on any atom is 0.339 e. The Labute approximate surface area is 118 Å². The predicted molar refractivity (Wildman–Crippen MR) is 75.3 cm³/mol. The van der Waals surface area contributed by atoms with Crippen molar-refractivity contribution in [2.24, 2.45) is 0 Å². The van der Waals surface area contributed by atoms with Gasteiger partial charge in [-0.1, -0.05) is 0 Å². The smallest absolute Gasteiger partial charge is 0.339 e. The number of morpholine rings is 1. The van der Waals surface area contributed by atoms with E-state index in [0.717, 1.165) is 0 Å². The molecule has 0 radical (unpaired) electrons. The monoisotopic (exact) mass is 279 g/mol. The zero-order valence-corrected chi connectivity index (χ0v) is 12.6. The first kappa shape index (κ1) is 14.7. The number of aryl methyl sites for hydroxylation is 1. The van der Waals surface area contributed by atoms with E-state index in [1.54, 1.807) is 13.8 Å². The Bertz CT molecular complexity index is 543. The number of carbonyl (C=O) groups is 1. The van der Waals surface area contributed by atoms with Crippen LogP contribution in [0.5, 0.6) is 0 Å². The van der Waals surface area contributed by atoms with E-state index in [0.29, 0.717) is 30.2 Å². The maximum absolute atomic E-state index is 11.6. The van der Waals surface area contributed by atoms with Crippen LogP contribution < -0.4 is 4.90 Å². The van der Waals surface area contributed by atoms with Gasteiger partial charge in [0.05, 0.1) is 17.4 Å². The number of hydrogen-bond acceptors (Lipinski definition) is 5.